The lowest BCUT2D eigenvalue weighted by atomic mass is 10.2. The fourth-order valence-corrected chi connectivity index (χ4v) is 3.59. The van der Waals surface area contributed by atoms with Gasteiger partial charge in [0.1, 0.15) is 5.82 Å². The van der Waals surface area contributed by atoms with Crippen LogP contribution in [0.25, 0.3) is 20.8 Å². The van der Waals surface area contributed by atoms with Crippen molar-refractivity contribution in [1.82, 2.24) is 15.2 Å². The normalized spacial score (nSPS) is 18.4. The number of rotatable bonds is 3. The standard InChI is InChI=1S/C14H15N5OS/c15-13-6-11(17-8-2-4-20-7-8)14-10(18-13)5-12(21-14)9-1-3-16-19-9/h1,3,5-6,8H,2,4,7H2,(H,16,19)(H3,15,17,18). The second-order valence-corrected chi connectivity index (χ2v) is 6.15. The van der Waals surface area contributed by atoms with Crippen LogP contribution >= 0.6 is 11.3 Å². The van der Waals surface area contributed by atoms with Crippen molar-refractivity contribution in [1.29, 1.82) is 0 Å². The number of nitrogens with two attached hydrogens (primary N) is 1. The number of anilines is 2. The van der Waals surface area contributed by atoms with Crippen LogP contribution in [-0.2, 0) is 4.74 Å². The minimum Gasteiger partial charge on any atom is -0.384 e. The molecular formula is C14H15N5OS. The number of thiophene rings is 1. The van der Waals surface area contributed by atoms with Gasteiger partial charge in [0.05, 0.1) is 39.1 Å². The number of hydrogen-bond acceptors (Lipinski definition) is 6. The first-order valence-corrected chi connectivity index (χ1v) is 7.65. The second-order valence-electron chi connectivity index (χ2n) is 5.09. The molecule has 3 aromatic heterocycles. The zero-order valence-electron chi connectivity index (χ0n) is 11.3. The Kier molecular flexibility index (Phi) is 3.01. The first kappa shape index (κ1) is 12.6. The van der Waals surface area contributed by atoms with Crippen molar-refractivity contribution in [3.05, 3.63) is 24.4 Å². The molecule has 0 aliphatic carbocycles. The monoisotopic (exact) mass is 301 g/mol. The Balaban J connectivity index is 1.78. The van der Waals surface area contributed by atoms with Crippen LogP contribution in [0.2, 0.25) is 0 Å². The van der Waals surface area contributed by atoms with Gasteiger partial charge < -0.3 is 15.8 Å². The minimum atomic E-state index is 0.340. The van der Waals surface area contributed by atoms with Gasteiger partial charge in [-0.1, -0.05) is 0 Å². The first-order chi connectivity index (χ1) is 10.3. The van der Waals surface area contributed by atoms with Crippen LogP contribution in [0.4, 0.5) is 11.5 Å². The minimum absolute atomic E-state index is 0.340. The van der Waals surface area contributed by atoms with E-state index in [0.717, 1.165) is 46.1 Å². The van der Waals surface area contributed by atoms with Crippen molar-refractivity contribution in [3.63, 3.8) is 0 Å². The van der Waals surface area contributed by atoms with Gasteiger partial charge in [-0.25, -0.2) is 4.98 Å². The summed E-state index contributed by atoms with van der Waals surface area (Å²) in [6.45, 7) is 1.55. The van der Waals surface area contributed by atoms with Crippen LogP contribution < -0.4 is 11.1 Å². The highest BCUT2D eigenvalue weighted by Gasteiger charge is 2.18. The Bertz CT molecular complexity index is 761. The van der Waals surface area contributed by atoms with E-state index in [4.69, 9.17) is 10.5 Å². The summed E-state index contributed by atoms with van der Waals surface area (Å²) in [7, 11) is 0. The van der Waals surface area contributed by atoms with Gasteiger partial charge in [-0.3, -0.25) is 5.10 Å². The van der Waals surface area contributed by atoms with Crippen molar-refractivity contribution < 1.29 is 4.74 Å². The molecule has 0 saturated carbocycles. The number of aromatic nitrogens is 3. The summed E-state index contributed by atoms with van der Waals surface area (Å²) in [5.41, 5.74) is 8.86. The predicted octanol–water partition coefficient (Wildman–Crippen LogP) is 2.47. The molecule has 6 nitrogen and oxygen atoms in total. The third-order valence-corrected chi connectivity index (χ3v) is 4.75. The van der Waals surface area contributed by atoms with Gasteiger partial charge in [0.15, 0.2) is 0 Å². The maximum atomic E-state index is 5.93. The van der Waals surface area contributed by atoms with Gasteiger partial charge >= 0.3 is 0 Å². The zero-order chi connectivity index (χ0) is 14.2. The molecule has 1 aliphatic heterocycles. The maximum absolute atomic E-state index is 5.93. The van der Waals surface area contributed by atoms with Crippen LogP contribution in [0.15, 0.2) is 24.4 Å². The molecule has 1 fully saturated rings. The summed E-state index contributed by atoms with van der Waals surface area (Å²) in [5.74, 6) is 0.526. The molecule has 7 heteroatoms. The van der Waals surface area contributed by atoms with E-state index >= 15 is 0 Å². The summed E-state index contributed by atoms with van der Waals surface area (Å²) < 4.78 is 6.53. The van der Waals surface area contributed by atoms with Gasteiger partial charge in [-0.05, 0) is 18.6 Å². The largest absolute Gasteiger partial charge is 0.384 e. The van der Waals surface area contributed by atoms with Crippen molar-refractivity contribution >= 4 is 33.1 Å². The number of nitrogen functional groups attached to an aromatic ring is 1. The summed E-state index contributed by atoms with van der Waals surface area (Å²) in [6.07, 6.45) is 2.76. The molecule has 4 heterocycles. The van der Waals surface area contributed by atoms with Gasteiger partial charge in [-0.2, -0.15) is 5.10 Å². The predicted molar refractivity (Wildman–Crippen MR) is 84.5 cm³/mol. The molecule has 1 aliphatic rings. The molecule has 4 N–H and O–H groups in total. The Hall–Kier alpha value is -2.12. The van der Waals surface area contributed by atoms with E-state index in [1.807, 2.05) is 18.2 Å². The van der Waals surface area contributed by atoms with E-state index in [1.165, 1.54) is 0 Å². The van der Waals surface area contributed by atoms with Crippen molar-refractivity contribution in [3.8, 4) is 10.6 Å². The highest BCUT2D eigenvalue weighted by molar-refractivity contribution is 7.22. The van der Waals surface area contributed by atoms with Gasteiger partial charge in [0, 0.05) is 18.9 Å². The van der Waals surface area contributed by atoms with Crippen molar-refractivity contribution in [2.45, 2.75) is 12.5 Å². The highest BCUT2D eigenvalue weighted by Crippen LogP contribution is 2.37. The molecule has 1 saturated heterocycles. The number of H-pyrrole nitrogens is 1. The lowest BCUT2D eigenvalue weighted by molar-refractivity contribution is 0.195. The van der Waals surface area contributed by atoms with E-state index in [2.05, 4.69) is 20.5 Å². The number of fused-ring (bicyclic) bond motifs is 1. The maximum Gasteiger partial charge on any atom is 0.126 e. The van der Waals surface area contributed by atoms with Crippen LogP contribution in [0.1, 0.15) is 6.42 Å². The smallest absolute Gasteiger partial charge is 0.126 e. The van der Waals surface area contributed by atoms with E-state index in [-0.39, 0.29) is 0 Å². The summed E-state index contributed by atoms with van der Waals surface area (Å²) >= 11 is 1.68. The molecule has 0 spiro atoms. The number of nitrogens with zero attached hydrogens (tertiary/aromatic N) is 2. The van der Waals surface area contributed by atoms with Crippen molar-refractivity contribution in [2.75, 3.05) is 24.3 Å². The lowest BCUT2D eigenvalue weighted by Gasteiger charge is -2.13. The Morgan fingerprint density at radius 3 is 3.14 bits per heavy atom. The van der Waals surface area contributed by atoms with Gasteiger partial charge in [0.2, 0.25) is 0 Å². The molecule has 3 aromatic rings. The quantitative estimate of drug-likeness (QED) is 0.691. The Morgan fingerprint density at radius 2 is 2.38 bits per heavy atom. The zero-order valence-corrected chi connectivity index (χ0v) is 12.1. The Morgan fingerprint density at radius 1 is 1.43 bits per heavy atom. The van der Waals surface area contributed by atoms with Gasteiger partial charge in [0.25, 0.3) is 0 Å². The van der Waals surface area contributed by atoms with Crippen molar-refractivity contribution in [2.24, 2.45) is 0 Å². The van der Waals surface area contributed by atoms with E-state index in [9.17, 15) is 0 Å². The molecule has 1 unspecified atom stereocenters. The first-order valence-electron chi connectivity index (χ1n) is 6.84. The number of pyridine rings is 1. The Labute approximate surface area is 125 Å². The van der Waals surface area contributed by atoms with Crippen LogP contribution in [0.3, 0.4) is 0 Å². The number of hydrogen-bond donors (Lipinski definition) is 3. The molecule has 0 radical (unpaired) electrons. The molecule has 0 amide bonds. The molecule has 108 valence electrons. The summed E-state index contributed by atoms with van der Waals surface area (Å²) in [5, 5.41) is 10.5. The fourth-order valence-electron chi connectivity index (χ4n) is 2.54. The van der Waals surface area contributed by atoms with Crippen LogP contribution in [0, 0.1) is 0 Å². The highest BCUT2D eigenvalue weighted by atomic mass is 32.1. The number of nitrogens with one attached hydrogen (secondary N) is 2. The topological polar surface area (TPSA) is 88.9 Å². The molecule has 4 rings (SSSR count). The molecule has 1 atom stereocenters. The SMILES string of the molecule is Nc1cc(NC2CCOC2)c2sc(-c3ccn[nH]3)cc2n1. The van der Waals surface area contributed by atoms with E-state index in [1.54, 1.807) is 17.5 Å². The van der Waals surface area contributed by atoms with E-state index in [0.29, 0.717) is 11.9 Å². The molecule has 0 bridgehead atoms. The summed E-state index contributed by atoms with van der Waals surface area (Å²) in [4.78, 5) is 5.53. The third-order valence-electron chi connectivity index (χ3n) is 3.55. The van der Waals surface area contributed by atoms with Gasteiger partial charge in [-0.15, -0.1) is 11.3 Å². The molecular weight excluding hydrogens is 286 g/mol. The number of aromatic amines is 1. The fraction of sp³-hybridized carbons (Fsp3) is 0.286. The van der Waals surface area contributed by atoms with Crippen LogP contribution in [0.5, 0.6) is 0 Å². The van der Waals surface area contributed by atoms with E-state index < -0.39 is 0 Å². The third kappa shape index (κ3) is 2.34. The second kappa shape index (κ2) is 5.01. The number of ether oxygens (including phenoxy) is 1. The average Bonchev–Trinajstić information content (AvgIpc) is 3.19. The average molecular weight is 301 g/mol. The molecule has 21 heavy (non-hydrogen) atoms. The molecule has 0 aromatic carbocycles. The van der Waals surface area contributed by atoms with Crippen LogP contribution in [-0.4, -0.2) is 34.4 Å². The lowest BCUT2D eigenvalue weighted by Crippen LogP contribution is -2.19. The summed E-state index contributed by atoms with van der Waals surface area (Å²) in [6, 6.07) is 6.23.